The molecule has 0 unspecified atom stereocenters. The van der Waals surface area contributed by atoms with Crippen molar-refractivity contribution in [3.05, 3.63) is 34.9 Å². The number of halogens is 6. The van der Waals surface area contributed by atoms with E-state index in [2.05, 4.69) is 11.2 Å². The Morgan fingerprint density at radius 1 is 1.18 bits per heavy atom. The molecule has 0 saturated carbocycles. The molecular formula is C14H11F6NO. The highest BCUT2D eigenvalue weighted by Crippen LogP contribution is 2.40. The summed E-state index contributed by atoms with van der Waals surface area (Å²) in [5, 5.41) is 2.26. The van der Waals surface area contributed by atoms with Gasteiger partial charge < -0.3 is 5.32 Å². The lowest BCUT2D eigenvalue weighted by Crippen LogP contribution is -2.28. The van der Waals surface area contributed by atoms with Gasteiger partial charge in [-0.25, -0.2) is 0 Å². The van der Waals surface area contributed by atoms with Crippen LogP contribution in [0.25, 0.3) is 0 Å². The number of rotatable bonds is 3. The number of carbonyl (C=O) groups is 1. The third-order valence-electron chi connectivity index (χ3n) is 2.75. The summed E-state index contributed by atoms with van der Waals surface area (Å²) in [5.74, 6) is 1.00. The van der Waals surface area contributed by atoms with E-state index < -0.39 is 35.0 Å². The fraction of sp³-hybridized carbons (Fsp3) is 0.357. The highest BCUT2D eigenvalue weighted by molar-refractivity contribution is 5.94. The molecule has 120 valence electrons. The van der Waals surface area contributed by atoms with Crippen LogP contribution in [0, 0.1) is 18.3 Å². The Labute approximate surface area is 122 Å². The molecule has 0 fully saturated rings. The van der Waals surface area contributed by atoms with Crippen LogP contribution in [0.1, 0.15) is 28.4 Å². The van der Waals surface area contributed by atoms with Crippen molar-refractivity contribution in [2.45, 2.75) is 19.3 Å². The third kappa shape index (κ3) is 4.41. The summed E-state index contributed by atoms with van der Waals surface area (Å²) in [6, 6.07) is 1.11. The second kappa shape index (κ2) is 6.30. The number of alkyl halides is 6. The van der Waals surface area contributed by atoms with Crippen molar-refractivity contribution in [3.8, 4) is 12.3 Å². The fourth-order valence-corrected chi connectivity index (χ4v) is 1.57. The van der Waals surface area contributed by atoms with E-state index in [1.165, 1.54) is 0 Å². The van der Waals surface area contributed by atoms with E-state index >= 15 is 0 Å². The first-order valence-corrected chi connectivity index (χ1v) is 5.99. The Morgan fingerprint density at radius 3 is 2.18 bits per heavy atom. The zero-order valence-electron chi connectivity index (χ0n) is 11.3. The minimum absolute atomic E-state index is 0.00228. The molecule has 0 radical (unpaired) electrons. The van der Waals surface area contributed by atoms with Crippen LogP contribution in [0.15, 0.2) is 18.2 Å². The molecule has 0 bridgehead atoms. The van der Waals surface area contributed by atoms with Crippen LogP contribution in [-0.4, -0.2) is 12.5 Å². The molecule has 0 aliphatic carbocycles. The average molecular weight is 323 g/mol. The van der Waals surface area contributed by atoms with Gasteiger partial charge in [-0.3, -0.25) is 4.79 Å². The van der Waals surface area contributed by atoms with Gasteiger partial charge in [-0.05, 0) is 25.1 Å². The Morgan fingerprint density at radius 2 is 1.73 bits per heavy atom. The van der Waals surface area contributed by atoms with Crippen LogP contribution in [-0.2, 0) is 12.4 Å². The largest absolute Gasteiger partial charge is 0.417 e. The Kier molecular flexibility index (Phi) is 5.12. The molecule has 8 heteroatoms. The number of benzene rings is 1. The number of amides is 1. The smallest absolute Gasteiger partial charge is 0.351 e. The summed E-state index contributed by atoms with van der Waals surface area (Å²) in [6.07, 6.45) is -5.33. The van der Waals surface area contributed by atoms with Gasteiger partial charge in [-0.1, -0.05) is 0 Å². The predicted molar refractivity (Wildman–Crippen MR) is 66.8 cm³/mol. The second-order valence-corrected chi connectivity index (χ2v) is 4.53. The van der Waals surface area contributed by atoms with Crippen molar-refractivity contribution in [2.24, 2.45) is 5.92 Å². The Bertz CT molecular complexity index is 597. The lowest BCUT2D eigenvalue weighted by atomic mass is 10.0. The van der Waals surface area contributed by atoms with E-state index in [0.29, 0.717) is 6.07 Å². The Balaban J connectivity index is 3.16. The average Bonchev–Trinajstić information content (AvgIpc) is 2.41. The number of hydrogen-bond acceptors (Lipinski definition) is 1. The number of terminal acetylenes is 1. The molecule has 2 nitrogen and oxygen atoms in total. The quantitative estimate of drug-likeness (QED) is 0.667. The van der Waals surface area contributed by atoms with Gasteiger partial charge in [0.2, 0.25) is 0 Å². The van der Waals surface area contributed by atoms with Gasteiger partial charge in [0.05, 0.1) is 11.1 Å². The molecule has 1 N–H and O–H groups in total. The van der Waals surface area contributed by atoms with E-state index in [9.17, 15) is 31.1 Å². The summed E-state index contributed by atoms with van der Waals surface area (Å²) in [7, 11) is 0. The molecule has 1 aromatic carbocycles. The van der Waals surface area contributed by atoms with E-state index in [4.69, 9.17) is 6.42 Å². The van der Waals surface area contributed by atoms with Crippen molar-refractivity contribution >= 4 is 5.91 Å². The Hall–Kier alpha value is -2.17. The van der Waals surface area contributed by atoms with E-state index in [-0.39, 0.29) is 24.6 Å². The van der Waals surface area contributed by atoms with Crippen LogP contribution in [0.2, 0.25) is 0 Å². The van der Waals surface area contributed by atoms with Crippen molar-refractivity contribution in [1.29, 1.82) is 0 Å². The van der Waals surface area contributed by atoms with E-state index in [0.717, 1.165) is 0 Å². The van der Waals surface area contributed by atoms with Gasteiger partial charge >= 0.3 is 12.4 Å². The fourth-order valence-electron chi connectivity index (χ4n) is 1.57. The normalized spacial score (nSPS) is 13.4. The van der Waals surface area contributed by atoms with Crippen LogP contribution < -0.4 is 5.32 Å². The molecule has 0 aromatic heterocycles. The summed E-state index contributed by atoms with van der Waals surface area (Å²) >= 11 is 0. The summed E-state index contributed by atoms with van der Waals surface area (Å²) < 4.78 is 76.0. The lowest BCUT2D eigenvalue weighted by Gasteiger charge is -2.16. The first-order valence-electron chi connectivity index (χ1n) is 5.99. The van der Waals surface area contributed by atoms with Gasteiger partial charge in [0.15, 0.2) is 0 Å². The molecule has 0 heterocycles. The monoisotopic (exact) mass is 323 g/mol. The molecule has 1 rings (SSSR count). The lowest BCUT2D eigenvalue weighted by molar-refractivity contribution is -0.162. The van der Waals surface area contributed by atoms with Crippen molar-refractivity contribution < 1.29 is 31.1 Å². The first-order chi connectivity index (χ1) is 9.96. The molecule has 22 heavy (non-hydrogen) atoms. The van der Waals surface area contributed by atoms with E-state index in [1.54, 1.807) is 6.92 Å². The number of carbonyl (C=O) groups excluding carboxylic acids is 1. The minimum atomic E-state index is -5.23. The van der Waals surface area contributed by atoms with Crippen LogP contribution >= 0.6 is 0 Å². The molecule has 0 aliphatic heterocycles. The van der Waals surface area contributed by atoms with Gasteiger partial charge in [-0.2, -0.15) is 26.3 Å². The number of hydrogen-bond donors (Lipinski definition) is 1. The molecule has 1 amide bonds. The van der Waals surface area contributed by atoms with Crippen molar-refractivity contribution in [2.75, 3.05) is 6.54 Å². The first kappa shape index (κ1) is 17.9. The standard InChI is InChI=1S/C14H11F6NO/c1-3-8(2)7-21-12(22)9-4-5-10(13(15,16)17)11(6-9)14(18,19)20/h1,4-6,8H,7H2,2H3,(H,21,22)/t8-/m0/s1. The van der Waals surface area contributed by atoms with Crippen LogP contribution in [0.5, 0.6) is 0 Å². The van der Waals surface area contributed by atoms with Gasteiger partial charge in [0.25, 0.3) is 5.91 Å². The molecule has 0 saturated heterocycles. The summed E-state index contributed by atoms with van der Waals surface area (Å²) in [6.45, 7) is 1.59. The van der Waals surface area contributed by atoms with Crippen LogP contribution in [0.4, 0.5) is 26.3 Å². The van der Waals surface area contributed by atoms with Gasteiger partial charge in [0, 0.05) is 18.0 Å². The third-order valence-corrected chi connectivity index (χ3v) is 2.75. The van der Waals surface area contributed by atoms with Crippen molar-refractivity contribution in [1.82, 2.24) is 5.32 Å². The number of nitrogens with one attached hydrogen (secondary N) is 1. The van der Waals surface area contributed by atoms with Gasteiger partial charge in [-0.15, -0.1) is 12.3 Å². The molecule has 1 aromatic rings. The minimum Gasteiger partial charge on any atom is -0.351 e. The summed E-state index contributed by atoms with van der Waals surface area (Å²) in [5.41, 5.74) is -4.27. The van der Waals surface area contributed by atoms with Crippen LogP contribution in [0.3, 0.4) is 0 Å². The SMILES string of the molecule is C#C[C@H](C)CNC(=O)c1ccc(C(F)(F)F)c(C(F)(F)F)c1. The molecule has 0 aliphatic rings. The molecular weight excluding hydrogens is 312 g/mol. The van der Waals surface area contributed by atoms with Crippen molar-refractivity contribution in [3.63, 3.8) is 0 Å². The zero-order valence-corrected chi connectivity index (χ0v) is 11.3. The highest BCUT2D eigenvalue weighted by Gasteiger charge is 2.43. The topological polar surface area (TPSA) is 29.1 Å². The molecule has 0 spiro atoms. The maximum atomic E-state index is 12.7. The molecule has 1 atom stereocenters. The predicted octanol–water partition coefficient (Wildman–Crippen LogP) is 3.72. The zero-order chi connectivity index (χ0) is 17.1. The highest BCUT2D eigenvalue weighted by atomic mass is 19.4. The van der Waals surface area contributed by atoms with E-state index in [1.807, 2.05) is 0 Å². The summed E-state index contributed by atoms with van der Waals surface area (Å²) in [4.78, 5) is 11.7. The second-order valence-electron chi connectivity index (χ2n) is 4.53. The maximum absolute atomic E-state index is 12.7. The van der Waals surface area contributed by atoms with Gasteiger partial charge in [0.1, 0.15) is 0 Å². The maximum Gasteiger partial charge on any atom is 0.417 e.